The molecule has 0 aliphatic heterocycles. The van der Waals surface area contributed by atoms with Crippen LogP contribution in [0.25, 0.3) is 0 Å². The summed E-state index contributed by atoms with van der Waals surface area (Å²) in [6.45, 7) is 9.95. The van der Waals surface area contributed by atoms with Gasteiger partial charge in [-0.25, -0.2) is 0 Å². The lowest BCUT2D eigenvalue weighted by Gasteiger charge is -2.19. The van der Waals surface area contributed by atoms with E-state index in [0.29, 0.717) is 11.8 Å². The first kappa shape index (κ1) is 15.5. The zero-order valence-electron chi connectivity index (χ0n) is 11.6. The molecule has 0 heterocycles. The van der Waals surface area contributed by atoms with Crippen molar-refractivity contribution in [1.82, 2.24) is 5.32 Å². The van der Waals surface area contributed by atoms with Crippen molar-refractivity contribution in [3.63, 3.8) is 0 Å². The minimum Gasteiger partial charge on any atom is -0.381 e. The number of halogens is 1. The Morgan fingerprint density at radius 3 is 2.39 bits per heavy atom. The zero-order valence-corrected chi connectivity index (χ0v) is 12.3. The van der Waals surface area contributed by atoms with Gasteiger partial charge in [-0.05, 0) is 37.1 Å². The molecular formula is C15H24ClNO. The molecule has 0 aromatic heterocycles. The first-order chi connectivity index (χ1) is 8.63. The SMILES string of the molecule is CCOCC(CNCC(C)C)c1ccc(Cl)cc1. The molecule has 1 rings (SSSR count). The van der Waals surface area contributed by atoms with E-state index in [0.717, 1.165) is 31.3 Å². The fraction of sp³-hybridized carbons (Fsp3) is 0.600. The van der Waals surface area contributed by atoms with Gasteiger partial charge >= 0.3 is 0 Å². The highest BCUT2D eigenvalue weighted by molar-refractivity contribution is 6.30. The van der Waals surface area contributed by atoms with Crippen LogP contribution in [0.4, 0.5) is 0 Å². The van der Waals surface area contributed by atoms with Gasteiger partial charge in [0.15, 0.2) is 0 Å². The van der Waals surface area contributed by atoms with Gasteiger partial charge in [-0.3, -0.25) is 0 Å². The van der Waals surface area contributed by atoms with Crippen LogP contribution in [0.15, 0.2) is 24.3 Å². The first-order valence-corrected chi connectivity index (χ1v) is 7.05. The summed E-state index contributed by atoms with van der Waals surface area (Å²) in [6.07, 6.45) is 0. The molecule has 18 heavy (non-hydrogen) atoms. The Morgan fingerprint density at radius 2 is 1.83 bits per heavy atom. The van der Waals surface area contributed by atoms with Crippen LogP contribution in [0.3, 0.4) is 0 Å². The van der Waals surface area contributed by atoms with Gasteiger partial charge in [0.2, 0.25) is 0 Å². The van der Waals surface area contributed by atoms with E-state index in [-0.39, 0.29) is 0 Å². The Kier molecular flexibility index (Phi) is 7.33. The van der Waals surface area contributed by atoms with E-state index in [1.165, 1.54) is 5.56 Å². The molecule has 0 saturated carbocycles. The van der Waals surface area contributed by atoms with Gasteiger partial charge < -0.3 is 10.1 Å². The summed E-state index contributed by atoms with van der Waals surface area (Å²) in [6, 6.07) is 8.06. The maximum absolute atomic E-state index is 5.92. The number of ether oxygens (including phenoxy) is 1. The lowest BCUT2D eigenvalue weighted by Crippen LogP contribution is -2.27. The average molecular weight is 270 g/mol. The number of hydrogen-bond donors (Lipinski definition) is 1. The van der Waals surface area contributed by atoms with Gasteiger partial charge in [0.25, 0.3) is 0 Å². The summed E-state index contributed by atoms with van der Waals surface area (Å²) < 4.78 is 5.56. The molecule has 1 atom stereocenters. The van der Waals surface area contributed by atoms with E-state index >= 15 is 0 Å². The van der Waals surface area contributed by atoms with E-state index in [9.17, 15) is 0 Å². The molecule has 1 aromatic rings. The first-order valence-electron chi connectivity index (χ1n) is 6.67. The largest absolute Gasteiger partial charge is 0.381 e. The van der Waals surface area contributed by atoms with Gasteiger partial charge in [0.05, 0.1) is 6.61 Å². The highest BCUT2D eigenvalue weighted by Crippen LogP contribution is 2.18. The number of rotatable bonds is 8. The summed E-state index contributed by atoms with van der Waals surface area (Å²) in [5, 5.41) is 4.28. The second-order valence-corrected chi connectivity index (χ2v) is 5.40. The summed E-state index contributed by atoms with van der Waals surface area (Å²) in [4.78, 5) is 0. The Morgan fingerprint density at radius 1 is 1.17 bits per heavy atom. The topological polar surface area (TPSA) is 21.3 Å². The Balaban J connectivity index is 2.56. The predicted molar refractivity (Wildman–Crippen MR) is 78.4 cm³/mol. The summed E-state index contributed by atoms with van der Waals surface area (Å²) in [5.74, 6) is 1.06. The highest BCUT2D eigenvalue weighted by atomic mass is 35.5. The quantitative estimate of drug-likeness (QED) is 0.777. The molecule has 0 fully saturated rings. The molecular weight excluding hydrogens is 246 g/mol. The summed E-state index contributed by atoms with van der Waals surface area (Å²) >= 11 is 5.92. The minimum absolute atomic E-state index is 0.390. The summed E-state index contributed by atoms with van der Waals surface area (Å²) in [7, 11) is 0. The predicted octanol–water partition coefficient (Wildman–Crippen LogP) is 3.71. The van der Waals surface area contributed by atoms with Gasteiger partial charge in [-0.15, -0.1) is 0 Å². The minimum atomic E-state index is 0.390. The molecule has 1 aromatic carbocycles. The van der Waals surface area contributed by atoms with E-state index in [4.69, 9.17) is 16.3 Å². The molecule has 0 aliphatic rings. The van der Waals surface area contributed by atoms with Crippen molar-refractivity contribution in [2.75, 3.05) is 26.3 Å². The standard InChI is InChI=1S/C15H24ClNO/c1-4-18-11-14(10-17-9-12(2)3)13-5-7-15(16)8-6-13/h5-8,12,14,17H,4,9-11H2,1-3H3. The van der Waals surface area contributed by atoms with Crippen LogP contribution in [0, 0.1) is 5.92 Å². The van der Waals surface area contributed by atoms with Gasteiger partial charge in [-0.1, -0.05) is 37.6 Å². The molecule has 0 spiro atoms. The molecule has 0 bridgehead atoms. The van der Waals surface area contributed by atoms with Crippen molar-refractivity contribution >= 4 is 11.6 Å². The third-order valence-electron chi connectivity index (χ3n) is 2.81. The van der Waals surface area contributed by atoms with Crippen LogP contribution in [-0.4, -0.2) is 26.3 Å². The van der Waals surface area contributed by atoms with Crippen molar-refractivity contribution in [3.8, 4) is 0 Å². The van der Waals surface area contributed by atoms with Gasteiger partial charge in [0, 0.05) is 24.1 Å². The van der Waals surface area contributed by atoms with Crippen molar-refractivity contribution in [3.05, 3.63) is 34.9 Å². The van der Waals surface area contributed by atoms with Crippen LogP contribution >= 0.6 is 11.6 Å². The molecule has 2 nitrogen and oxygen atoms in total. The second-order valence-electron chi connectivity index (χ2n) is 4.96. The molecule has 0 radical (unpaired) electrons. The van der Waals surface area contributed by atoms with E-state index in [2.05, 4.69) is 31.3 Å². The van der Waals surface area contributed by atoms with Crippen LogP contribution in [0.2, 0.25) is 5.02 Å². The van der Waals surface area contributed by atoms with Gasteiger partial charge in [-0.2, -0.15) is 0 Å². The monoisotopic (exact) mass is 269 g/mol. The molecule has 1 unspecified atom stereocenters. The van der Waals surface area contributed by atoms with Crippen molar-refractivity contribution in [2.45, 2.75) is 26.7 Å². The van der Waals surface area contributed by atoms with Crippen molar-refractivity contribution in [2.24, 2.45) is 5.92 Å². The third kappa shape index (κ3) is 5.85. The van der Waals surface area contributed by atoms with Crippen molar-refractivity contribution < 1.29 is 4.74 Å². The number of hydrogen-bond acceptors (Lipinski definition) is 2. The molecule has 0 amide bonds. The molecule has 1 N–H and O–H groups in total. The highest BCUT2D eigenvalue weighted by Gasteiger charge is 2.11. The molecule has 0 aliphatic carbocycles. The molecule has 102 valence electrons. The zero-order chi connectivity index (χ0) is 13.4. The fourth-order valence-corrected chi connectivity index (χ4v) is 1.94. The maximum Gasteiger partial charge on any atom is 0.0546 e. The Hall–Kier alpha value is -0.570. The molecule has 0 saturated heterocycles. The maximum atomic E-state index is 5.92. The fourth-order valence-electron chi connectivity index (χ4n) is 1.81. The van der Waals surface area contributed by atoms with E-state index in [1.54, 1.807) is 0 Å². The van der Waals surface area contributed by atoms with E-state index in [1.807, 2.05) is 19.1 Å². The lowest BCUT2D eigenvalue weighted by molar-refractivity contribution is 0.131. The summed E-state index contributed by atoms with van der Waals surface area (Å²) in [5.41, 5.74) is 1.28. The van der Waals surface area contributed by atoms with Crippen LogP contribution in [0.5, 0.6) is 0 Å². The number of benzene rings is 1. The van der Waals surface area contributed by atoms with E-state index < -0.39 is 0 Å². The normalized spacial score (nSPS) is 12.9. The van der Waals surface area contributed by atoms with Crippen molar-refractivity contribution in [1.29, 1.82) is 0 Å². The van der Waals surface area contributed by atoms with Crippen LogP contribution in [-0.2, 0) is 4.74 Å². The Labute approximate surface area is 116 Å². The third-order valence-corrected chi connectivity index (χ3v) is 3.06. The van der Waals surface area contributed by atoms with Crippen LogP contribution in [0.1, 0.15) is 32.3 Å². The van der Waals surface area contributed by atoms with Crippen LogP contribution < -0.4 is 5.32 Å². The average Bonchev–Trinajstić information content (AvgIpc) is 2.34. The smallest absolute Gasteiger partial charge is 0.0546 e. The molecule has 3 heteroatoms. The second kappa shape index (κ2) is 8.52. The lowest BCUT2D eigenvalue weighted by atomic mass is 10.00. The van der Waals surface area contributed by atoms with Gasteiger partial charge in [0.1, 0.15) is 0 Å². The number of nitrogens with one attached hydrogen (secondary N) is 1. The Bertz CT molecular complexity index is 324.